The third kappa shape index (κ3) is 4.58. The Morgan fingerprint density at radius 1 is 1.10 bits per heavy atom. The molecule has 0 radical (unpaired) electrons. The van der Waals surface area contributed by atoms with E-state index in [2.05, 4.69) is 44.3 Å². The van der Waals surface area contributed by atoms with Gasteiger partial charge in [0, 0.05) is 22.3 Å². The summed E-state index contributed by atoms with van der Waals surface area (Å²) < 4.78 is 5.68. The van der Waals surface area contributed by atoms with Crippen LogP contribution in [0.2, 0.25) is 0 Å². The fraction of sp³-hybridized carbons (Fsp3) is 0.444. The van der Waals surface area contributed by atoms with Gasteiger partial charge in [-0.1, -0.05) is 12.1 Å². The highest BCUT2D eigenvalue weighted by atomic mass is 32.1. The number of benzene rings is 1. The van der Waals surface area contributed by atoms with Crippen molar-refractivity contribution in [2.24, 2.45) is 0 Å². The van der Waals surface area contributed by atoms with Crippen molar-refractivity contribution < 1.29 is 4.74 Å². The molecular weight excluding hydrogens is 278 g/mol. The van der Waals surface area contributed by atoms with Crippen molar-refractivity contribution in [3.05, 3.63) is 51.2 Å². The van der Waals surface area contributed by atoms with Gasteiger partial charge in [0.15, 0.2) is 0 Å². The molecule has 2 nitrogen and oxygen atoms in total. The van der Waals surface area contributed by atoms with Gasteiger partial charge in [0.25, 0.3) is 0 Å². The molecule has 1 unspecified atom stereocenters. The maximum atomic E-state index is 5.68. The van der Waals surface area contributed by atoms with E-state index in [1.807, 2.05) is 37.3 Å². The quantitative estimate of drug-likeness (QED) is 0.810. The Bertz CT molecular complexity index is 552. The van der Waals surface area contributed by atoms with Gasteiger partial charge in [-0.2, -0.15) is 0 Å². The molecule has 0 aliphatic carbocycles. The highest BCUT2D eigenvalue weighted by Gasteiger charge is 2.07. The Kier molecular flexibility index (Phi) is 5.43. The van der Waals surface area contributed by atoms with Gasteiger partial charge in [0.1, 0.15) is 5.75 Å². The van der Waals surface area contributed by atoms with Crippen LogP contribution in [0.1, 0.15) is 47.7 Å². The second kappa shape index (κ2) is 7.10. The maximum absolute atomic E-state index is 5.68. The highest BCUT2D eigenvalue weighted by molar-refractivity contribution is 7.12. The molecule has 0 aliphatic rings. The van der Waals surface area contributed by atoms with Crippen molar-refractivity contribution in [3.8, 4) is 5.75 Å². The molecule has 1 atom stereocenters. The van der Waals surface area contributed by atoms with E-state index in [1.54, 1.807) is 0 Å². The van der Waals surface area contributed by atoms with Gasteiger partial charge in [-0.05, 0) is 63.9 Å². The zero-order chi connectivity index (χ0) is 15.4. The third-order valence-corrected chi connectivity index (χ3v) is 4.70. The van der Waals surface area contributed by atoms with Gasteiger partial charge >= 0.3 is 0 Å². The monoisotopic (exact) mass is 303 g/mol. The second-order valence-corrected chi connectivity index (χ2v) is 7.13. The molecule has 2 aromatic rings. The van der Waals surface area contributed by atoms with E-state index in [-0.39, 0.29) is 6.10 Å². The minimum atomic E-state index is 0.219. The lowest BCUT2D eigenvalue weighted by Crippen LogP contribution is -2.17. The predicted molar refractivity (Wildman–Crippen MR) is 91.3 cm³/mol. The van der Waals surface area contributed by atoms with Crippen LogP contribution >= 0.6 is 11.3 Å². The zero-order valence-electron chi connectivity index (χ0n) is 13.6. The summed E-state index contributed by atoms with van der Waals surface area (Å²) in [5.41, 5.74) is 2.68. The van der Waals surface area contributed by atoms with Gasteiger partial charge < -0.3 is 10.1 Å². The van der Waals surface area contributed by atoms with Crippen molar-refractivity contribution in [3.63, 3.8) is 0 Å². The van der Waals surface area contributed by atoms with Crippen molar-refractivity contribution in [2.45, 2.75) is 53.3 Å². The van der Waals surface area contributed by atoms with Crippen LogP contribution in [-0.2, 0) is 6.54 Å². The minimum Gasteiger partial charge on any atom is -0.491 e. The van der Waals surface area contributed by atoms with Gasteiger partial charge in [-0.3, -0.25) is 0 Å². The standard InChI is InChI=1S/C18H25NOS/c1-12(2)20-17-8-6-16(7-9-17)14(4)19-11-18-10-13(3)15(5)21-18/h6-10,12,14,19H,11H2,1-5H3. The van der Waals surface area contributed by atoms with Crippen LogP contribution in [0.3, 0.4) is 0 Å². The van der Waals surface area contributed by atoms with Crippen LogP contribution in [0.15, 0.2) is 30.3 Å². The minimum absolute atomic E-state index is 0.219. The molecule has 114 valence electrons. The molecule has 1 aromatic carbocycles. The van der Waals surface area contributed by atoms with Crippen LogP contribution in [-0.4, -0.2) is 6.10 Å². The molecule has 0 saturated carbocycles. The number of hydrogen-bond acceptors (Lipinski definition) is 3. The van der Waals surface area contributed by atoms with E-state index in [4.69, 9.17) is 4.74 Å². The lowest BCUT2D eigenvalue weighted by molar-refractivity contribution is 0.242. The van der Waals surface area contributed by atoms with E-state index >= 15 is 0 Å². The average molecular weight is 303 g/mol. The fourth-order valence-corrected chi connectivity index (χ4v) is 3.22. The van der Waals surface area contributed by atoms with Crippen molar-refractivity contribution >= 4 is 11.3 Å². The van der Waals surface area contributed by atoms with E-state index < -0.39 is 0 Å². The molecule has 1 heterocycles. The molecule has 2 rings (SSSR count). The first-order valence-corrected chi connectivity index (χ1v) is 8.33. The normalized spacial score (nSPS) is 12.7. The molecule has 0 bridgehead atoms. The first kappa shape index (κ1) is 16.1. The number of aryl methyl sites for hydroxylation is 2. The van der Waals surface area contributed by atoms with E-state index in [0.29, 0.717) is 6.04 Å². The molecule has 0 saturated heterocycles. The topological polar surface area (TPSA) is 21.3 Å². The number of thiophene rings is 1. The number of nitrogens with one attached hydrogen (secondary N) is 1. The SMILES string of the molecule is Cc1cc(CNC(C)c2ccc(OC(C)C)cc2)sc1C. The molecule has 0 aliphatic heterocycles. The highest BCUT2D eigenvalue weighted by Crippen LogP contribution is 2.22. The summed E-state index contributed by atoms with van der Waals surface area (Å²) in [5, 5.41) is 3.59. The number of rotatable bonds is 6. The molecule has 1 N–H and O–H groups in total. The Hall–Kier alpha value is -1.32. The maximum Gasteiger partial charge on any atom is 0.119 e. The van der Waals surface area contributed by atoms with Gasteiger partial charge in [0.05, 0.1) is 6.10 Å². The van der Waals surface area contributed by atoms with Crippen LogP contribution in [0.4, 0.5) is 0 Å². The summed E-state index contributed by atoms with van der Waals surface area (Å²) in [7, 11) is 0. The van der Waals surface area contributed by atoms with Crippen molar-refractivity contribution in [2.75, 3.05) is 0 Å². The van der Waals surface area contributed by atoms with Crippen molar-refractivity contribution in [1.82, 2.24) is 5.32 Å². The van der Waals surface area contributed by atoms with Crippen molar-refractivity contribution in [1.29, 1.82) is 0 Å². The van der Waals surface area contributed by atoms with E-state index in [1.165, 1.54) is 20.9 Å². The molecule has 1 aromatic heterocycles. The zero-order valence-corrected chi connectivity index (χ0v) is 14.4. The molecule has 21 heavy (non-hydrogen) atoms. The lowest BCUT2D eigenvalue weighted by atomic mass is 10.1. The van der Waals surface area contributed by atoms with Gasteiger partial charge in [0.2, 0.25) is 0 Å². The number of hydrogen-bond donors (Lipinski definition) is 1. The summed E-state index contributed by atoms with van der Waals surface area (Å²) in [6.07, 6.45) is 0.219. The lowest BCUT2D eigenvalue weighted by Gasteiger charge is -2.15. The van der Waals surface area contributed by atoms with Gasteiger partial charge in [-0.15, -0.1) is 11.3 Å². The molecular formula is C18H25NOS. The Morgan fingerprint density at radius 2 is 1.76 bits per heavy atom. The predicted octanol–water partition coefficient (Wildman–Crippen LogP) is 5.00. The first-order valence-electron chi connectivity index (χ1n) is 7.51. The fourth-order valence-electron chi connectivity index (χ4n) is 2.22. The summed E-state index contributed by atoms with van der Waals surface area (Å²) in [6, 6.07) is 11.0. The second-order valence-electron chi connectivity index (χ2n) is 5.79. The van der Waals surface area contributed by atoms with Crippen LogP contribution in [0.5, 0.6) is 5.75 Å². The summed E-state index contributed by atoms with van der Waals surface area (Å²) >= 11 is 1.88. The molecule has 0 amide bonds. The number of ether oxygens (including phenoxy) is 1. The van der Waals surface area contributed by atoms with Gasteiger partial charge in [-0.25, -0.2) is 0 Å². The third-order valence-electron chi connectivity index (χ3n) is 3.55. The van der Waals surface area contributed by atoms with Crippen LogP contribution in [0, 0.1) is 13.8 Å². The Balaban J connectivity index is 1.92. The van der Waals surface area contributed by atoms with Crippen LogP contribution in [0.25, 0.3) is 0 Å². The molecule has 0 spiro atoms. The van der Waals surface area contributed by atoms with E-state index in [0.717, 1.165) is 12.3 Å². The first-order chi connectivity index (χ1) is 9.95. The van der Waals surface area contributed by atoms with Crippen LogP contribution < -0.4 is 10.1 Å². The Labute approximate surface area is 132 Å². The smallest absolute Gasteiger partial charge is 0.119 e. The Morgan fingerprint density at radius 3 is 2.29 bits per heavy atom. The summed E-state index contributed by atoms with van der Waals surface area (Å²) in [5.74, 6) is 0.936. The summed E-state index contributed by atoms with van der Waals surface area (Å²) in [4.78, 5) is 2.81. The molecule has 0 fully saturated rings. The van der Waals surface area contributed by atoms with E-state index in [9.17, 15) is 0 Å². The molecule has 3 heteroatoms. The summed E-state index contributed by atoms with van der Waals surface area (Å²) in [6.45, 7) is 11.6. The average Bonchev–Trinajstić information content (AvgIpc) is 2.75. The largest absolute Gasteiger partial charge is 0.491 e.